The third kappa shape index (κ3) is 3.82. The Morgan fingerprint density at radius 3 is 2.37 bits per heavy atom. The van der Waals surface area contributed by atoms with Crippen LogP contribution in [-0.4, -0.2) is 17.2 Å². The number of hydrazone groups is 1. The van der Waals surface area contributed by atoms with Crippen LogP contribution >= 0.6 is 11.6 Å². The predicted molar refractivity (Wildman–Crippen MR) is 74.6 cm³/mol. The molecule has 0 bridgehead atoms. The van der Waals surface area contributed by atoms with Gasteiger partial charge in [0.05, 0.1) is 6.21 Å². The largest absolute Gasteiger partial charge is 0.508 e. The minimum absolute atomic E-state index is 0.112. The van der Waals surface area contributed by atoms with E-state index in [9.17, 15) is 4.79 Å². The maximum atomic E-state index is 11.7. The van der Waals surface area contributed by atoms with Gasteiger partial charge in [0.15, 0.2) is 0 Å². The van der Waals surface area contributed by atoms with Crippen molar-refractivity contribution in [3.05, 3.63) is 64.7 Å². The lowest BCUT2D eigenvalue weighted by molar-refractivity contribution is 0.0955. The Labute approximate surface area is 115 Å². The first-order chi connectivity index (χ1) is 9.15. The summed E-state index contributed by atoms with van der Waals surface area (Å²) in [6, 6.07) is 13.0. The van der Waals surface area contributed by atoms with Crippen LogP contribution in [0, 0.1) is 0 Å². The Balaban J connectivity index is 1.96. The highest BCUT2D eigenvalue weighted by molar-refractivity contribution is 6.30. The maximum absolute atomic E-state index is 11.7. The highest BCUT2D eigenvalue weighted by atomic mass is 35.5. The molecule has 0 aliphatic carbocycles. The number of hydrogen-bond donors (Lipinski definition) is 2. The van der Waals surface area contributed by atoms with Crippen molar-refractivity contribution in [1.29, 1.82) is 0 Å². The van der Waals surface area contributed by atoms with Crippen molar-refractivity contribution in [2.75, 3.05) is 0 Å². The van der Waals surface area contributed by atoms with Gasteiger partial charge in [-0.15, -0.1) is 0 Å². The molecule has 0 atom stereocenters. The zero-order valence-electron chi connectivity index (χ0n) is 9.88. The molecule has 0 aliphatic heterocycles. The molecule has 1 amide bonds. The van der Waals surface area contributed by atoms with Crippen LogP contribution in [-0.2, 0) is 0 Å². The topological polar surface area (TPSA) is 61.7 Å². The first-order valence-corrected chi connectivity index (χ1v) is 5.91. The number of rotatable bonds is 3. The molecular weight excluding hydrogens is 264 g/mol. The zero-order valence-corrected chi connectivity index (χ0v) is 10.6. The normalized spacial score (nSPS) is 10.6. The minimum atomic E-state index is -0.342. The number of carbonyl (C=O) groups excluding carboxylic acids is 1. The van der Waals surface area contributed by atoms with Crippen LogP contribution < -0.4 is 5.43 Å². The maximum Gasteiger partial charge on any atom is 0.271 e. The predicted octanol–water partition coefficient (Wildman–Crippen LogP) is 2.81. The minimum Gasteiger partial charge on any atom is -0.508 e. The molecule has 0 radical (unpaired) electrons. The molecule has 96 valence electrons. The fraction of sp³-hybridized carbons (Fsp3) is 0. The van der Waals surface area contributed by atoms with E-state index < -0.39 is 0 Å². The second kappa shape index (κ2) is 6.02. The fourth-order valence-electron chi connectivity index (χ4n) is 1.39. The summed E-state index contributed by atoms with van der Waals surface area (Å²) in [5.41, 5.74) is 3.65. The van der Waals surface area contributed by atoms with Gasteiger partial charge in [-0.25, -0.2) is 5.43 Å². The van der Waals surface area contributed by atoms with Crippen molar-refractivity contribution in [3.63, 3.8) is 0 Å². The van der Waals surface area contributed by atoms with Crippen LogP contribution in [0.1, 0.15) is 15.9 Å². The first kappa shape index (κ1) is 13.1. The molecule has 5 heteroatoms. The van der Waals surface area contributed by atoms with E-state index in [2.05, 4.69) is 10.5 Å². The number of halogens is 1. The first-order valence-electron chi connectivity index (χ1n) is 5.53. The fourth-order valence-corrected chi connectivity index (χ4v) is 1.52. The lowest BCUT2D eigenvalue weighted by Crippen LogP contribution is -2.17. The zero-order chi connectivity index (χ0) is 13.7. The van der Waals surface area contributed by atoms with Gasteiger partial charge in [0.1, 0.15) is 5.75 Å². The number of nitrogens with one attached hydrogen (secondary N) is 1. The number of hydrogen-bond acceptors (Lipinski definition) is 3. The highest BCUT2D eigenvalue weighted by Gasteiger charge is 2.02. The number of phenolic OH excluding ortho intramolecular Hbond substituents is 1. The SMILES string of the molecule is O=C(N/N=C\c1ccc(Cl)cc1)c1ccc(O)cc1. The number of phenols is 1. The van der Waals surface area contributed by atoms with Crippen molar-refractivity contribution in [2.24, 2.45) is 5.10 Å². The smallest absolute Gasteiger partial charge is 0.271 e. The third-order valence-corrected chi connectivity index (χ3v) is 2.63. The number of nitrogens with zero attached hydrogens (tertiary/aromatic N) is 1. The van der Waals surface area contributed by atoms with Gasteiger partial charge < -0.3 is 5.11 Å². The van der Waals surface area contributed by atoms with E-state index in [0.717, 1.165) is 5.56 Å². The summed E-state index contributed by atoms with van der Waals surface area (Å²) >= 11 is 5.75. The number of carbonyl (C=O) groups is 1. The van der Waals surface area contributed by atoms with Gasteiger partial charge in [-0.1, -0.05) is 23.7 Å². The molecular formula is C14H11ClN2O2. The van der Waals surface area contributed by atoms with Crippen molar-refractivity contribution in [3.8, 4) is 5.75 Å². The molecule has 0 spiro atoms. The molecule has 0 saturated carbocycles. The van der Waals surface area contributed by atoms with Crippen molar-refractivity contribution in [1.82, 2.24) is 5.43 Å². The molecule has 4 nitrogen and oxygen atoms in total. The number of amides is 1. The molecule has 0 fully saturated rings. The Kier molecular flexibility index (Phi) is 4.15. The Hall–Kier alpha value is -2.33. The van der Waals surface area contributed by atoms with Gasteiger partial charge in [-0.05, 0) is 42.0 Å². The molecule has 2 rings (SSSR count). The average Bonchev–Trinajstić information content (AvgIpc) is 2.41. The van der Waals surface area contributed by atoms with Crippen molar-refractivity contribution in [2.45, 2.75) is 0 Å². The van der Waals surface area contributed by atoms with Gasteiger partial charge in [0.25, 0.3) is 5.91 Å². The van der Waals surface area contributed by atoms with Crippen LogP contribution in [0.2, 0.25) is 5.02 Å². The van der Waals surface area contributed by atoms with E-state index >= 15 is 0 Å². The molecule has 2 aromatic rings. The van der Waals surface area contributed by atoms with E-state index in [1.807, 2.05) is 0 Å². The van der Waals surface area contributed by atoms with Crippen molar-refractivity contribution < 1.29 is 9.90 Å². The second-order valence-electron chi connectivity index (χ2n) is 3.80. The average molecular weight is 275 g/mol. The summed E-state index contributed by atoms with van der Waals surface area (Å²) in [6.45, 7) is 0. The van der Waals surface area contributed by atoms with E-state index in [-0.39, 0.29) is 11.7 Å². The molecule has 0 heterocycles. The molecule has 2 N–H and O–H groups in total. The van der Waals surface area contributed by atoms with Gasteiger partial charge >= 0.3 is 0 Å². The van der Waals surface area contributed by atoms with Crippen LogP contribution in [0.4, 0.5) is 0 Å². The van der Waals surface area contributed by atoms with Gasteiger partial charge in [0.2, 0.25) is 0 Å². The van der Waals surface area contributed by atoms with Crippen LogP contribution in [0.25, 0.3) is 0 Å². The molecule has 2 aromatic carbocycles. The Morgan fingerprint density at radius 1 is 1.11 bits per heavy atom. The van der Waals surface area contributed by atoms with Crippen LogP contribution in [0.3, 0.4) is 0 Å². The van der Waals surface area contributed by atoms with Crippen molar-refractivity contribution >= 4 is 23.7 Å². The summed E-state index contributed by atoms with van der Waals surface area (Å²) in [5.74, 6) is -0.230. The van der Waals surface area contributed by atoms with Gasteiger partial charge in [-0.2, -0.15) is 5.10 Å². The third-order valence-electron chi connectivity index (χ3n) is 2.38. The quantitative estimate of drug-likeness (QED) is 0.668. The van der Waals surface area contributed by atoms with Gasteiger partial charge in [0, 0.05) is 10.6 Å². The Morgan fingerprint density at radius 2 is 1.74 bits per heavy atom. The molecule has 0 aliphatic rings. The molecule has 0 saturated heterocycles. The lowest BCUT2D eigenvalue weighted by Gasteiger charge is -1.99. The lowest BCUT2D eigenvalue weighted by atomic mass is 10.2. The van der Waals surface area contributed by atoms with E-state index in [1.165, 1.54) is 30.5 Å². The molecule has 0 unspecified atom stereocenters. The molecule has 0 aromatic heterocycles. The summed E-state index contributed by atoms with van der Waals surface area (Å²) in [5, 5.41) is 13.6. The van der Waals surface area contributed by atoms with E-state index in [0.29, 0.717) is 10.6 Å². The van der Waals surface area contributed by atoms with Gasteiger partial charge in [-0.3, -0.25) is 4.79 Å². The Bertz CT molecular complexity index is 592. The monoisotopic (exact) mass is 274 g/mol. The summed E-state index contributed by atoms with van der Waals surface area (Å²) < 4.78 is 0. The summed E-state index contributed by atoms with van der Waals surface area (Å²) in [7, 11) is 0. The summed E-state index contributed by atoms with van der Waals surface area (Å²) in [6.07, 6.45) is 1.52. The second-order valence-corrected chi connectivity index (χ2v) is 4.23. The highest BCUT2D eigenvalue weighted by Crippen LogP contribution is 2.09. The number of aromatic hydroxyl groups is 1. The summed E-state index contributed by atoms with van der Waals surface area (Å²) in [4.78, 5) is 11.7. The molecule has 19 heavy (non-hydrogen) atoms. The number of benzene rings is 2. The van der Waals surface area contributed by atoms with Crippen LogP contribution in [0.5, 0.6) is 5.75 Å². The standard InChI is InChI=1S/C14H11ClN2O2/c15-12-5-1-10(2-6-12)9-16-17-14(19)11-3-7-13(18)8-4-11/h1-9,18H,(H,17,19)/b16-9-. The van der Waals surface area contributed by atoms with E-state index in [1.54, 1.807) is 24.3 Å². The van der Waals surface area contributed by atoms with E-state index in [4.69, 9.17) is 16.7 Å². The van der Waals surface area contributed by atoms with Crippen LogP contribution in [0.15, 0.2) is 53.6 Å².